The second-order valence-corrected chi connectivity index (χ2v) is 4.02. The zero-order chi connectivity index (χ0) is 10.9. The second-order valence-electron chi connectivity index (χ2n) is 2.25. The molecular weight excluding hydrogens is 336 g/mol. The molecule has 0 saturated carbocycles. The van der Waals surface area contributed by atoms with Crippen LogP contribution in [0.15, 0.2) is 21.1 Å². The van der Waals surface area contributed by atoms with Crippen molar-refractivity contribution in [2.75, 3.05) is 0 Å². The topological polar surface area (TPSA) is 9.23 Å². The summed E-state index contributed by atoms with van der Waals surface area (Å²) in [5.41, 5.74) is 0. The van der Waals surface area contributed by atoms with E-state index in [9.17, 15) is 17.6 Å². The van der Waals surface area contributed by atoms with E-state index in [4.69, 9.17) is 0 Å². The highest BCUT2D eigenvalue weighted by atomic mass is 79.9. The highest BCUT2D eigenvalue weighted by Crippen LogP contribution is 2.35. The van der Waals surface area contributed by atoms with E-state index in [2.05, 4.69) is 36.6 Å². The average Bonchev–Trinajstić information content (AvgIpc) is 1.95. The number of benzene rings is 1. The molecule has 14 heavy (non-hydrogen) atoms. The van der Waals surface area contributed by atoms with E-state index in [-0.39, 0.29) is 4.47 Å². The van der Waals surface area contributed by atoms with Crippen molar-refractivity contribution in [2.45, 2.75) is 6.36 Å². The molecule has 0 fully saturated rings. The molecule has 78 valence electrons. The van der Waals surface area contributed by atoms with E-state index in [0.717, 1.165) is 6.07 Å². The predicted molar refractivity (Wildman–Crippen MR) is 48.5 cm³/mol. The summed E-state index contributed by atoms with van der Waals surface area (Å²) >= 11 is 5.68. The molecule has 1 nitrogen and oxygen atoms in total. The lowest BCUT2D eigenvalue weighted by molar-refractivity contribution is -0.275. The largest absolute Gasteiger partial charge is 0.573 e. The highest BCUT2D eigenvalue weighted by molar-refractivity contribution is 9.11. The smallest absolute Gasteiger partial charge is 0.401 e. The summed E-state index contributed by atoms with van der Waals surface area (Å²) in [6, 6.07) is 2.13. The third kappa shape index (κ3) is 3.13. The van der Waals surface area contributed by atoms with E-state index >= 15 is 0 Å². The first kappa shape index (κ1) is 11.8. The van der Waals surface area contributed by atoms with Gasteiger partial charge in [0.25, 0.3) is 0 Å². The lowest BCUT2D eigenvalue weighted by Gasteiger charge is -2.11. The third-order valence-corrected chi connectivity index (χ3v) is 2.23. The van der Waals surface area contributed by atoms with Gasteiger partial charge in [-0.1, -0.05) is 15.9 Å². The minimum absolute atomic E-state index is 0.110. The van der Waals surface area contributed by atoms with Gasteiger partial charge in [0.2, 0.25) is 0 Å². The molecule has 0 aliphatic carbocycles. The maximum absolute atomic E-state index is 13.0. The first-order valence-corrected chi connectivity index (χ1v) is 4.78. The molecule has 1 rings (SSSR count). The average molecular weight is 338 g/mol. The van der Waals surface area contributed by atoms with Crippen LogP contribution in [-0.4, -0.2) is 6.36 Å². The molecule has 0 amide bonds. The third-order valence-electron chi connectivity index (χ3n) is 1.18. The van der Waals surface area contributed by atoms with Crippen LogP contribution in [0.4, 0.5) is 17.6 Å². The molecule has 1 aromatic rings. The van der Waals surface area contributed by atoms with E-state index in [1.807, 2.05) is 0 Å². The fraction of sp³-hybridized carbons (Fsp3) is 0.143. The van der Waals surface area contributed by atoms with Crippen molar-refractivity contribution in [3.8, 4) is 5.75 Å². The molecule has 0 aromatic heterocycles. The van der Waals surface area contributed by atoms with Crippen molar-refractivity contribution in [3.05, 3.63) is 26.9 Å². The first-order valence-electron chi connectivity index (χ1n) is 3.20. The molecule has 0 saturated heterocycles. The maximum Gasteiger partial charge on any atom is 0.573 e. The normalized spacial score (nSPS) is 11.6. The van der Waals surface area contributed by atoms with Crippen LogP contribution < -0.4 is 4.74 Å². The lowest BCUT2D eigenvalue weighted by Crippen LogP contribution is -2.18. The summed E-state index contributed by atoms with van der Waals surface area (Å²) in [7, 11) is 0. The molecular formula is C7H2Br2F4O. The quantitative estimate of drug-likeness (QED) is 0.696. The van der Waals surface area contributed by atoms with Gasteiger partial charge in [-0.2, -0.15) is 0 Å². The summed E-state index contributed by atoms with van der Waals surface area (Å²) in [6.45, 7) is 0. The summed E-state index contributed by atoms with van der Waals surface area (Å²) in [4.78, 5) is 0. The fourth-order valence-corrected chi connectivity index (χ4v) is 2.00. The van der Waals surface area contributed by atoms with Crippen LogP contribution in [0.2, 0.25) is 0 Å². The first-order chi connectivity index (χ1) is 6.29. The van der Waals surface area contributed by atoms with Gasteiger partial charge in [0, 0.05) is 4.47 Å². The molecule has 0 heterocycles. The number of alkyl halides is 3. The second kappa shape index (κ2) is 4.06. The van der Waals surface area contributed by atoms with Crippen molar-refractivity contribution in [3.63, 3.8) is 0 Å². The Labute approximate surface area is 93.3 Å². The van der Waals surface area contributed by atoms with E-state index in [1.165, 1.54) is 6.07 Å². The monoisotopic (exact) mass is 336 g/mol. The van der Waals surface area contributed by atoms with Gasteiger partial charge in [0.05, 0.1) is 4.47 Å². The van der Waals surface area contributed by atoms with Gasteiger partial charge < -0.3 is 4.74 Å². The Hall–Kier alpha value is -0.300. The molecule has 0 unspecified atom stereocenters. The number of hydrogen-bond donors (Lipinski definition) is 0. The zero-order valence-corrected chi connectivity index (χ0v) is 9.50. The van der Waals surface area contributed by atoms with Crippen LogP contribution in [0.3, 0.4) is 0 Å². The van der Waals surface area contributed by atoms with Crippen molar-refractivity contribution in [1.82, 2.24) is 0 Å². The van der Waals surface area contributed by atoms with Gasteiger partial charge in [-0.3, -0.25) is 0 Å². The molecule has 0 aliphatic heterocycles. The van der Waals surface area contributed by atoms with Crippen LogP contribution >= 0.6 is 31.9 Å². The summed E-state index contributed by atoms with van der Waals surface area (Å²) in [5, 5.41) is 0. The summed E-state index contributed by atoms with van der Waals surface area (Å²) < 4.78 is 52.0. The molecule has 0 radical (unpaired) electrons. The van der Waals surface area contributed by atoms with Crippen LogP contribution in [0.5, 0.6) is 5.75 Å². The fourth-order valence-electron chi connectivity index (χ4n) is 0.742. The van der Waals surface area contributed by atoms with Gasteiger partial charge >= 0.3 is 6.36 Å². The van der Waals surface area contributed by atoms with Gasteiger partial charge in [-0.15, -0.1) is 13.2 Å². The van der Waals surface area contributed by atoms with Crippen LogP contribution in [0.25, 0.3) is 0 Å². The SMILES string of the molecule is Fc1cc(Br)cc(Br)c1OC(F)(F)F. The zero-order valence-electron chi connectivity index (χ0n) is 6.33. The number of rotatable bonds is 1. The van der Waals surface area contributed by atoms with E-state index in [1.54, 1.807) is 0 Å². The Kier molecular flexibility index (Phi) is 3.41. The molecule has 0 spiro atoms. The minimum atomic E-state index is -4.91. The van der Waals surface area contributed by atoms with Crippen LogP contribution in [0, 0.1) is 5.82 Å². The minimum Gasteiger partial charge on any atom is -0.401 e. The molecule has 0 aliphatic rings. The Morgan fingerprint density at radius 1 is 1.14 bits per heavy atom. The Balaban J connectivity index is 3.09. The summed E-state index contributed by atoms with van der Waals surface area (Å²) in [6.07, 6.45) is -4.91. The van der Waals surface area contributed by atoms with Crippen LogP contribution in [-0.2, 0) is 0 Å². The van der Waals surface area contributed by atoms with Gasteiger partial charge in [0.15, 0.2) is 11.6 Å². The van der Waals surface area contributed by atoms with Gasteiger partial charge in [-0.25, -0.2) is 4.39 Å². The van der Waals surface area contributed by atoms with Gasteiger partial charge in [-0.05, 0) is 28.1 Å². The van der Waals surface area contributed by atoms with Crippen molar-refractivity contribution < 1.29 is 22.3 Å². The Morgan fingerprint density at radius 2 is 1.71 bits per heavy atom. The molecule has 0 atom stereocenters. The standard InChI is InChI=1S/C7H2Br2F4O/c8-3-1-4(9)6(5(10)2-3)14-7(11,12)13/h1-2H. The lowest BCUT2D eigenvalue weighted by atomic mass is 10.3. The number of hydrogen-bond acceptors (Lipinski definition) is 1. The number of halogens is 6. The van der Waals surface area contributed by atoms with Crippen molar-refractivity contribution in [1.29, 1.82) is 0 Å². The Morgan fingerprint density at radius 3 is 2.14 bits per heavy atom. The molecule has 1 aromatic carbocycles. The maximum atomic E-state index is 13.0. The van der Waals surface area contributed by atoms with Gasteiger partial charge in [0.1, 0.15) is 0 Å². The van der Waals surface area contributed by atoms with Crippen molar-refractivity contribution in [2.24, 2.45) is 0 Å². The molecule has 0 bridgehead atoms. The van der Waals surface area contributed by atoms with E-state index in [0.29, 0.717) is 4.47 Å². The summed E-state index contributed by atoms with van der Waals surface area (Å²) in [5.74, 6) is -1.97. The predicted octanol–water partition coefficient (Wildman–Crippen LogP) is 4.25. The van der Waals surface area contributed by atoms with E-state index < -0.39 is 17.9 Å². The molecule has 7 heteroatoms. The van der Waals surface area contributed by atoms with Crippen LogP contribution in [0.1, 0.15) is 0 Å². The van der Waals surface area contributed by atoms with Crippen molar-refractivity contribution >= 4 is 31.9 Å². The molecule has 0 N–H and O–H groups in total. The highest BCUT2D eigenvalue weighted by Gasteiger charge is 2.33. The number of ether oxygens (including phenoxy) is 1. The Bertz CT molecular complexity index is 327.